The molecule has 0 bridgehead atoms. The zero-order valence-corrected chi connectivity index (χ0v) is 15.7. The summed E-state index contributed by atoms with van der Waals surface area (Å²) in [6.45, 7) is 1.52. The molecule has 0 spiro atoms. The largest absolute Gasteiger partial charge is 0.481 e. The van der Waals surface area contributed by atoms with Crippen LogP contribution in [0.2, 0.25) is 0 Å². The fourth-order valence-corrected chi connectivity index (χ4v) is 3.11. The summed E-state index contributed by atoms with van der Waals surface area (Å²) >= 11 is 1.44. The second-order valence-electron chi connectivity index (χ2n) is 5.77. The molecule has 28 heavy (non-hydrogen) atoms. The van der Waals surface area contributed by atoms with Crippen LogP contribution in [0, 0.1) is 11.3 Å². The zero-order valence-electron chi connectivity index (χ0n) is 14.9. The number of thiazole rings is 1. The van der Waals surface area contributed by atoms with E-state index in [-0.39, 0.29) is 6.54 Å². The molecule has 3 aromatic rings. The second-order valence-corrected chi connectivity index (χ2v) is 6.80. The van der Waals surface area contributed by atoms with Crippen molar-refractivity contribution in [2.24, 2.45) is 0 Å². The topological polar surface area (TPSA) is 116 Å². The Morgan fingerprint density at radius 2 is 1.93 bits per heavy atom. The van der Waals surface area contributed by atoms with E-state index < -0.39 is 17.9 Å². The minimum atomic E-state index is -0.828. The highest BCUT2D eigenvalue weighted by Crippen LogP contribution is 2.24. The highest BCUT2D eigenvalue weighted by atomic mass is 32.1. The third-order valence-electron chi connectivity index (χ3n) is 3.68. The van der Waals surface area contributed by atoms with Crippen LogP contribution in [0.25, 0.3) is 10.2 Å². The number of nitrogens with one attached hydrogen (secondary N) is 3. The van der Waals surface area contributed by atoms with E-state index in [0.29, 0.717) is 16.4 Å². The number of carbonyl (C=O) groups is 2. The van der Waals surface area contributed by atoms with E-state index in [1.54, 1.807) is 31.2 Å². The van der Waals surface area contributed by atoms with Crippen LogP contribution in [-0.2, 0) is 9.59 Å². The van der Waals surface area contributed by atoms with Gasteiger partial charge in [-0.3, -0.25) is 20.4 Å². The number of ether oxygens (including phenoxy) is 1. The van der Waals surface area contributed by atoms with Crippen molar-refractivity contribution in [1.29, 1.82) is 5.26 Å². The van der Waals surface area contributed by atoms with Crippen molar-refractivity contribution in [3.05, 3.63) is 54.1 Å². The highest BCUT2D eigenvalue weighted by Gasteiger charge is 2.15. The molecule has 8 nitrogen and oxygen atoms in total. The highest BCUT2D eigenvalue weighted by molar-refractivity contribution is 7.22. The number of carbonyl (C=O) groups excluding carboxylic acids is 2. The molecule has 0 saturated carbocycles. The van der Waals surface area contributed by atoms with Crippen LogP contribution in [0.5, 0.6) is 5.75 Å². The number of hydrazine groups is 1. The predicted octanol–water partition coefficient (Wildman–Crippen LogP) is 2.19. The van der Waals surface area contributed by atoms with Gasteiger partial charge < -0.3 is 10.1 Å². The second kappa shape index (κ2) is 8.83. The first kappa shape index (κ1) is 19.1. The predicted molar refractivity (Wildman–Crippen MR) is 106 cm³/mol. The molecule has 2 aromatic carbocycles. The molecular weight excluding hydrogens is 378 g/mol. The molecule has 1 heterocycles. The molecule has 2 amide bonds. The Labute approximate surface area is 165 Å². The van der Waals surface area contributed by atoms with E-state index in [2.05, 4.69) is 21.2 Å². The number of nitriles is 1. The van der Waals surface area contributed by atoms with Gasteiger partial charge in [0.05, 0.1) is 28.4 Å². The average molecular weight is 395 g/mol. The fraction of sp³-hybridized carbons (Fsp3) is 0.158. The van der Waals surface area contributed by atoms with Crippen molar-refractivity contribution in [3.8, 4) is 11.8 Å². The van der Waals surface area contributed by atoms with Crippen LogP contribution in [0.15, 0.2) is 48.5 Å². The Balaban J connectivity index is 1.42. The Hall–Kier alpha value is -3.64. The Bertz CT molecular complexity index is 993. The van der Waals surface area contributed by atoms with E-state index in [9.17, 15) is 9.59 Å². The van der Waals surface area contributed by atoms with Crippen molar-refractivity contribution in [3.63, 3.8) is 0 Å². The van der Waals surface area contributed by atoms with Crippen molar-refractivity contribution in [2.75, 3.05) is 11.9 Å². The zero-order chi connectivity index (χ0) is 19.9. The lowest BCUT2D eigenvalue weighted by molar-refractivity contribution is -0.132. The first-order valence-electron chi connectivity index (χ1n) is 8.40. The molecule has 0 unspecified atom stereocenters. The molecule has 9 heteroatoms. The summed E-state index contributed by atoms with van der Waals surface area (Å²) in [6.07, 6.45) is -0.828. The maximum absolute atomic E-state index is 12.0. The summed E-state index contributed by atoms with van der Waals surface area (Å²) in [4.78, 5) is 28.3. The number of anilines is 1. The molecule has 142 valence electrons. The summed E-state index contributed by atoms with van der Waals surface area (Å²) in [7, 11) is 0. The summed E-state index contributed by atoms with van der Waals surface area (Å²) in [5.74, 6) is -0.471. The molecule has 3 rings (SSSR count). The number of hydrogen-bond acceptors (Lipinski definition) is 7. The fourth-order valence-electron chi connectivity index (χ4n) is 2.25. The summed E-state index contributed by atoms with van der Waals surface area (Å²) in [5, 5.41) is 12.3. The van der Waals surface area contributed by atoms with Crippen molar-refractivity contribution < 1.29 is 14.3 Å². The SMILES string of the molecule is C[C@H](Oc1ccc(C#N)cc1)C(=O)NNC(=O)CNc1nc2ccccc2s1. The van der Waals surface area contributed by atoms with Gasteiger partial charge in [-0.15, -0.1) is 0 Å². The maximum Gasteiger partial charge on any atom is 0.279 e. The normalized spacial score (nSPS) is 11.3. The lowest BCUT2D eigenvalue weighted by atomic mass is 10.2. The molecular formula is C19H17N5O3S. The molecule has 1 atom stereocenters. The van der Waals surface area contributed by atoms with E-state index in [4.69, 9.17) is 10.00 Å². The van der Waals surface area contributed by atoms with Gasteiger partial charge >= 0.3 is 0 Å². The van der Waals surface area contributed by atoms with Gasteiger partial charge in [0.2, 0.25) is 0 Å². The molecule has 0 aliphatic rings. The van der Waals surface area contributed by atoms with Gasteiger partial charge in [-0.1, -0.05) is 23.5 Å². The van der Waals surface area contributed by atoms with Gasteiger partial charge in [0.15, 0.2) is 11.2 Å². The first-order chi connectivity index (χ1) is 13.5. The van der Waals surface area contributed by atoms with Crippen LogP contribution in [0.1, 0.15) is 12.5 Å². The van der Waals surface area contributed by atoms with Crippen molar-refractivity contribution in [1.82, 2.24) is 15.8 Å². The number of para-hydroxylation sites is 1. The van der Waals surface area contributed by atoms with E-state index in [1.807, 2.05) is 30.3 Å². The lowest BCUT2D eigenvalue weighted by Crippen LogP contribution is -2.48. The molecule has 0 fully saturated rings. The molecule has 0 radical (unpaired) electrons. The van der Waals surface area contributed by atoms with E-state index >= 15 is 0 Å². The molecule has 3 N–H and O–H groups in total. The third-order valence-corrected chi connectivity index (χ3v) is 4.68. The van der Waals surface area contributed by atoms with Crippen molar-refractivity contribution in [2.45, 2.75) is 13.0 Å². The van der Waals surface area contributed by atoms with Crippen LogP contribution in [-0.4, -0.2) is 29.4 Å². The number of aromatic nitrogens is 1. The quantitative estimate of drug-likeness (QED) is 0.551. The standard InChI is InChI=1S/C19H17N5O3S/c1-12(27-14-8-6-13(10-20)7-9-14)18(26)24-23-17(25)11-21-19-22-15-4-2-3-5-16(15)28-19/h2-9,12H,11H2,1H3,(H,21,22)(H,23,25)(H,24,26)/t12-/m0/s1. The molecule has 0 saturated heterocycles. The first-order valence-corrected chi connectivity index (χ1v) is 9.22. The minimum Gasteiger partial charge on any atom is -0.481 e. The number of amides is 2. The van der Waals surface area contributed by atoms with Gasteiger partial charge in [-0.25, -0.2) is 4.98 Å². The Kier molecular flexibility index (Phi) is 6.04. The molecule has 0 aliphatic heterocycles. The van der Waals surface area contributed by atoms with Crippen LogP contribution in [0.3, 0.4) is 0 Å². The van der Waals surface area contributed by atoms with Gasteiger partial charge in [0, 0.05) is 0 Å². The number of fused-ring (bicyclic) bond motifs is 1. The third kappa shape index (κ3) is 4.96. The summed E-state index contributed by atoms with van der Waals surface area (Å²) < 4.78 is 6.49. The Morgan fingerprint density at radius 3 is 2.64 bits per heavy atom. The van der Waals surface area contributed by atoms with Gasteiger partial charge in [-0.05, 0) is 43.3 Å². The lowest BCUT2D eigenvalue weighted by Gasteiger charge is -2.15. The monoisotopic (exact) mass is 395 g/mol. The maximum atomic E-state index is 12.0. The van der Waals surface area contributed by atoms with Gasteiger partial charge in [0.1, 0.15) is 5.75 Å². The van der Waals surface area contributed by atoms with Crippen molar-refractivity contribution >= 4 is 38.5 Å². The number of nitrogens with zero attached hydrogens (tertiary/aromatic N) is 2. The number of rotatable bonds is 6. The van der Waals surface area contributed by atoms with E-state index in [1.165, 1.54) is 11.3 Å². The number of benzene rings is 2. The van der Waals surface area contributed by atoms with Crippen LogP contribution in [0.4, 0.5) is 5.13 Å². The van der Waals surface area contributed by atoms with E-state index in [0.717, 1.165) is 10.2 Å². The summed E-state index contributed by atoms with van der Waals surface area (Å²) in [5.41, 5.74) is 6.00. The minimum absolute atomic E-state index is 0.0367. The number of hydrogen-bond donors (Lipinski definition) is 3. The van der Waals surface area contributed by atoms with Gasteiger partial charge in [-0.2, -0.15) is 5.26 Å². The average Bonchev–Trinajstić information content (AvgIpc) is 3.14. The van der Waals surface area contributed by atoms with Crippen LogP contribution >= 0.6 is 11.3 Å². The Morgan fingerprint density at radius 1 is 1.18 bits per heavy atom. The summed E-state index contributed by atoms with van der Waals surface area (Å²) in [6, 6.07) is 16.1. The molecule has 1 aromatic heterocycles. The molecule has 0 aliphatic carbocycles. The smallest absolute Gasteiger partial charge is 0.279 e. The van der Waals surface area contributed by atoms with Crippen LogP contribution < -0.4 is 20.9 Å². The van der Waals surface area contributed by atoms with Gasteiger partial charge in [0.25, 0.3) is 11.8 Å².